The third-order valence-electron chi connectivity index (χ3n) is 5.07. The average Bonchev–Trinajstić information content (AvgIpc) is 3.38. The Morgan fingerprint density at radius 2 is 1.97 bits per heavy atom. The normalized spacial score (nSPS) is 11.1. The van der Waals surface area contributed by atoms with Crippen LogP contribution in [0.2, 0.25) is 5.02 Å². The van der Waals surface area contributed by atoms with E-state index in [2.05, 4.69) is 15.2 Å². The Labute approximate surface area is 174 Å². The number of hydrogen-bond acceptors (Lipinski definition) is 3. The number of carbonyl (C=O) groups is 1. The van der Waals surface area contributed by atoms with Gasteiger partial charge in [-0.3, -0.25) is 4.79 Å². The van der Waals surface area contributed by atoms with Crippen LogP contribution in [0.15, 0.2) is 55.0 Å². The number of carbonyl (C=O) groups excluding carboxylic acids is 1. The van der Waals surface area contributed by atoms with E-state index in [4.69, 9.17) is 11.6 Å². The van der Waals surface area contributed by atoms with Crippen LogP contribution in [-0.2, 0) is 6.42 Å². The van der Waals surface area contributed by atoms with Crippen molar-refractivity contribution in [3.8, 4) is 5.69 Å². The maximum atomic E-state index is 13.3. The minimum Gasteiger partial charge on any atom is -0.361 e. The zero-order valence-electron chi connectivity index (χ0n) is 16.4. The van der Waals surface area contributed by atoms with E-state index in [9.17, 15) is 4.79 Å². The zero-order valence-corrected chi connectivity index (χ0v) is 17.1. The van der Waals surface area contributed by atoms with Gasteiger partial charge in [0.15, 0.2) is 0 Å². The minimum absolute atomic E-state index is 0.0265. The summed E-state index contributed by atoms with van der Waals surface area (Å²) in [6, 6.07) is 11.5. The summed E-state index contributed by atoms with van der Waals surface area (Å²) < 4.78 is 0. The van der Waals surface area contributed by atoms with E-state index in [1.54, 1.807) is 12.4 Å². The van der Waals surface area contributed by atoms with Gasteiger partial charge in [0.05, 0.1) is 23.6 Å². The van der Waals surface area contributed by atoms with Crippen LogP contribution in [0.3, 0.4) is 0 Å². The number of rotatable bonds is 6. The molecule has 0 fully saturated rings. The SMILES string of the molecule is CCN(CCc1c[nH]c2ccc(Cl)cc12)C(=O)c1cc(C)ccc1-n1nccn1. The number of aromatic amines is 1. The van der Waals surface area contributed by atoms with Crippen molar-refractivity contribution in [1.82, 2.24) is 24.9 Å². The molecule has 4 aromatic rings. The van der Waals surface area contributed by atoms with Crippen molar-refractivity contribution in [1.29, 1.82) is 0 Å². The quantitative estimate of drug-likeness (QED) is 0.514. The molecule has 0 saturated carbocycles. The molecule has 0 aliphatic carbocycles. The fourth-order valence-electron chi connectivity index (χ4n) is 3.52. The van der Waals surface area contributed by atoms with Crippen molar-refractivity contribution >= 4 is 28.4 Å². The molecule has 0 spiro atoms. The first kappa shape index (κ1) is 19.2. The molecule has 6 nitrogen and oxygen atoms in total. The fraction of sp³-hybridized carbons (Fsp3) is 0.227. The number of aromatic nitrogens is 4. The summed E-state index contributed by atoms with van der Waals surface area (Å²) in [4.78, 5) is 20.0. The molecule has 0 atom stereocenters. The standard InChI is InChI=1S/C22H22ClN5O/c1-3-27(11-8-16-14-24-20-6-5-17(23)13-18(16)20)22(29)19-12-15(2)4-7-21(19)28-25-9-10-26-28/h4-7,9-10,12-14,24H,3,8,11H2,1-2H3. The molecule has 4 rings (SSSR count). The monoisotopic (exact) mass is 407 g/mol. The molecular formula is C22H22ClN5O. The minimum atomic E-state index is -0.0265. The van der Waals surface area contributed by atoms with Crippen molar-refractivity contribution in [2.75, 3.05) is 13.1 Å². The van der Waals surface area contributed by atoms with Crippen molar-refractivity contribution in [3.63, 3.8) is 0 Å². The average molecular weight is 408 g/mol. The summed E-state index contributed by atoms with van der Waals surface area (Å²) in [5.74, 6) is -0.0265. The highest BCUT2D eigenvalue weighted by Crippen LogP contribution is 2.23. The molecule has 29 heavy (non-hydrogen) atoms. The number of amides is 1. The summed E-state index contributed by atoms with van der Waals surface area (Å²) in [6.45, 7) is 5.19. The Morgan fingerprint density at radius 3 is 2.72 bits per heavy atom. The van der Waals surface area contributed by atoms with Crippen molar-refractivity contribution < 1.29 is 4.79 Å². The largest absolute Gasteiger partial charge is 0.361 e. The second-order valence-electron chi connectivity index (χ2n) is 6.98. The summed E-state index contributed by atoms with van der Waals surface area (Å²) in [5, 5.41) is 10.2. The van der Waals surface area contributed by atoms with Gasteiger partial charge in [-0.25, -0.2) is 0 Å². The summed E-state index contributed by atoms with van der Waals surface area (Å²) in [5.41, 5.74) is 4.50. The fourth-order valence-corrected chi connectivity index (χ4v) is 3.69. The first-order chi connectivity index (χ1) is 14.1. The van der Waals surface area contributed by atoms with E-state index < -0.39 is 0 Å². The number of halogens is 1. The van der Waals surface area contributed by atoms with E-state index in [-0.39, 0.29) is 5.91 Å². The van der Waals surface area contributed by atoms with Gasteiger partial charge >= 0.3 is 0 Å². The molecule has 0 unspecified atom stereocenters. The molecule has 1 N–H and O–H groups in total. The van der Waals surface area contributed by atoms with Crippen molar-refractivity contribution in [2.45, 2.75) is 20.3 Å². The number of hydrogen-bond donors (Lipinski definition) is 1. The van der Waals surface area contributed by atoms with Crippen LogP contribution in [0.5, 0.6) is 0 Å². The Hall–Kier alpha value is -3.12. The maximum Gasteiger partial charge on any atom is 0.256 e. The Balaban J connectivity index is 1.59. The lowest BCUT2D eigenvalue weighted by Gasteiger charge is -2.22. The maximum absolute atomic E-state index is 13.3. The highest BCUT2D eigenvalue weighted by atomic mass is 35.5. The number of nitrogens with zero attached hydrogens (tertiary/aromatic N) is 4. The summed E-state index contributed by atoms with van der Waals surface area (Å²) in [6.07, 6.45) is 5.94. The summed E-state index contributed by atoms with van der Waals surface area (Å²) >= 11 is 6.16. The van der Waals surface area contributed by atoms with Crippen LogP contribution in [0.4, 0.5) is 0 Å². The lowest BCUT2D eigenvalue weighted by molar-refractivity contribution is 0.0766. The van der Waals surface area contributed by atoms with E-state index in [0.717, 1.165) is 28.5 Å². The molecule has 0 aliphatic rings. The molecule has 7 heteroatoms. The number of likely N-dealkylation sites (N-methyl/N-ethyl adjacent to an activating group) is 1. The molecule has 0 saturated heterocycles. The van der Waals surface area contributed by atoms with Gasteiger partial charge in [0, 0.05) is 35.2 Å². The van der Waals surface area contributed by atoms with Gasteiger partial charge in [-0.15, -0.1) is 0 Å². The van der Waals surface area contributed by atoms with Gasteiger partial charge in [-0.05, 0) is 56.2 Å². The molecule has 0 aliphatic heterocycles. The van der Waals surface area contributed by atoms with Gasteiger partial charge in [-0.1, -0.05) is 23.2 Å². The van der Waals surface area contributed by atoms with Crippen LogP contribution >= 0.6 is 11.6 Å². The predicted molar refractivity (Wildman–Crippen MR) is 115 cm³/mol. The first-order valence-electron chi connectivity index (χ1n) is 9.59. The number of nitrogens with one attached hydrogen (secondary N) is 1. The molecule has 2 aromatic carbocycles. The molecule has 2 heterocycles. The molecule has 1 amide bonds. The van der Waals surface area contributed by atoms with E-state index in [1.165, 1.54) is 4.80 Å². The van der Waals surface area contributed by atoms with Crippen LogP contribution in [0, 0.1) is 6.92 Å². The van der Waals surface area contributed by atoms with Gasteiger partial charge < -0.3 is 9.88 Å². The molecule has 148 valence electrons. The highest BCUT2D eigenvalue weighted by molar-refractivity contribution is 6.31. The van der Waals surface area contributed by atoms with E-state index in [0.29, 0.717) is 29.4 Å². The molecular weight excluding hydrogens is 386 g/mol. The molecule has 0 radical (unpaired) electrons. The smallest absolute Gasteiger partial charge is 0.256 e. The van der Waals surface area contributed by atoms with E-state index in [1.807, 2.05) is 61.3 Å². The molecule has 0 bridgehead atoms. The zero-order chi connectivity index (χ0) is 20.4. The number of H-pyrrole nitrogens is 1. The van der Waals surface area contributed by atoms with Crippen molar-refractivity contribution in [3.05, 3.63) is 76.7 Å². The third kappa shape index (κ3) is 3.89. The second-order valence-corrected chi connectivity index (χ2v) is 7.41. The predicted octanol–water partition coefficient (Wildman–Crippen LogP) is 4.42. The summed E-state index contributed by atoms with van der Waals surface area (Å²) in [7, 11) is 0. The number of aryl methyl sites for hydroxylation is 1. The van der Waals surface area contributed by atoms with Gasteiger partial charge in [0.1, 0.15) is 0 Å². The van der Waals surface area contributed by atoms with Crippen LogP contribution in [-0.4, -0.2) is 43.9 Å². The Morgan fingerprint density at radius 1 is 1.17 bits per heavy atom. The molecule has 2 aromatic heterocycles. The van der Waals surface area contributed by atoms with Crippen LogP contribution < -0.4 is 0 Å². The van der Waals surface area contributed by atoms with Crippen LogP contribution in [0.25, 0.3) is 16.6 Å². The van der Waals surface area contributed by atoms with Crippen molar-refractivity contribution in [2.24, 2.45) is 0 Å². The Bertz CT molecular complexity index is 1150. The van der Waals surface area contributed by atoms with Gasteiger partial charge in [0.25, 0.3) is 5.91 Å². The highest BCUT2D eigenvalue weighted by Gasteiger charge is 2.20. The third-order valence-corrected chi connectivity index (χ3v) is 5.30. The van der Waals surface area contributed by atoms with Gasteiger partial charge in [0.2, 0.25) is 0 Å². The second kappa shape index (κ2) is 8.09. The lowest BCUT2D eigenvalue weighted by atomic mass is 10.1. The first-order valence-corrected chi connectivity index (χ1v) is 9.96. The topological polar surface area (TPSA) is 66.8 Å². The Kier molecular flexibility index (Phi) is 5.36. The van der Waals surface area contributed by atoms with Gasteiger partial charge in [-0.2, -0.15) is 15.0 Å². The number of fused-ring (bicyclic) bond motifs is 1. The lowest BCUT2D eigenvalue weighted by Crippen LogP contribution is -2.33. The van der Waals surface area contributed by atoms with E-state index >= 15 is 0 Å². The number of benzene rings is 2. The van der Waals surface area contributed by atoms with Crippen LogP contribution in [0.1, 0.15) is 28.4 Å².